The van der Waals surface area contributed by atoms with Gasteiger partial charge in [0, 0.05) is 49.5 Å². The van der Waals surface area contributed by atoms with Crippen LogP contribution < -0.4 is 24.4 Å². The van der Waals surface area contributed by atoms with Gasteiger partial charge in [-0.3, -0.25) is 9.69 Å². The van der Waals surface area contributed by atoms with Crippen LogP contribution in [0.4, 0.5) is 5.69 Å². The van der Waals surface area contributed by atoms with Crippen molar-refractivity contribution in [3.05, 3.63) is 66.2 Å². The molecule has 1 aliphatic heterocycles. The zero-order chi connectivity index (χ0) is 27.2. The summed E-state index contributed by atoms with van der Waals surface area (Å²) in [5.41, 5.74) is 4.22. The van der Waals surface area contributed by atoms with Crippen molar-refractivity contribution in [2.45, 2.75) is 6.42 Å². The number of rotatable bonds is 10. The molecule has 1 fully saturated rings. The van der Waals surface area contributed by atoms with Crippen molar-refractivity contribution in [1.82, 2.24) is 20.2 Å². The van der Waals surface area contributed by atoms with Crippen molar-refractivity contribution in [3.63, 3.8) is 0 Å². The molecule has 0 radical (unpaired) electrons. The molecule has 1 aromatic heterocycles. The summed E-state index contributed by atoms with van der Waals surface area (Å²) in [6, 6.07) is 19.7. The Balaban J connectivity index is 1.15. The molecule has 0 spiro atoms. The second-order valence-electron chi connectivity index (χ2n) is 9.51. The predicted molar refractivity (Wildman–Crippen MR) is 153 cm³/mol. The molecule has 0 aliphatic carbocycles. The minimum absolute atomic E-state index is 0.0882. The highest BCUT2D eigenvalue weighted by molar-refractivity contribution is 5.97. The summed E-state index contributed by atoms with van der Waals surface area (Å²) in [5.74, 6) is 2.17. The highest BCUT2D eigenvalue weighted by atomic mass is 16.5. The summed E-state index contributed by atoms with van der Waals surface area (Å²) >= 11 is 0. The maximum absolute atomic E-state index is 12.8. The number of benzene rings is 3. The normalized spacial score (nSPS) is 13.9. The number of nitrogens with zero attached hydrogens (tertiary/aromatic N) is 3. The Labute approximate surface area is 228 Å². The molecule has 4 aromatic rings. The zero-order valence-electron chi connectivity index (χ0n) is 22.7. The molecule has 9 heteroatoms. The van der Waals surface area contributed by atoms with E-state index in [1.165, 1.54) is 5.69 Å². The summed E-state index contributed by atoms with van der Waals surface area (Å²) < 4.78 is 16.4. The van der Waals surface area contributed by atoms with Crippen LogP contribution in [0.2, 0.25) is 0 Å². The number of piperazine rings is 1. The van der Waals surface area contributed by atoms with Crippen LogP contribution in [-0.2, 0) is 0 Å². The number of H-pyrrole nitrogens is 1. The second-order valence-corrected chi connectivity index (χ2v) is 9.51. The lowest BCUT2D eigenvalue weighted by Crippen LogP contribution is -2.47. The molecule has 0 bridgehead atoms. The molecule has 9 nitrogen and oxygen atoms in total. The highest BCUT2D eigenvalue weighted by Gasteiger charge is 2.18. The van der Waals surface area contributed by atoms with Crippen LogP contribution in [0.5, 0.6) is 17.2 Å². The SMILES string of the molecule is COc1cc(-c2nc3ccc(C(=O)NCCCN4CCN(c5ccccc5)CC4)cc3[nH]2)cc(OC)c1OC. The van der Waals surface area contributed by atoms with E-state index < -0.39 is 0 Å². The van der Waals surface area contributed by atoms with E-state index in [2.05, 4.69) is 50.4 Å². The van der Waals surface area contributed by atoms with E-state index in [4.69, 9.17) is 19.2 Å². The molecule has 204 valence electrons. The first-order valence-corrected chi connectivity index (χ1v) is 13.2. The number of aromatic nitrogens is 2. The minimum atomic E-state index is -0.0882. The van der Waals surface area contributed by atoms with E-state index in [1.807, 2.05) is 24.3 Å². The summed E-state index contributed by atoms with van der Waals surface area (Å²) in [5, 5.41) is 3.06. The van der Waals surface area contributed by atoms with Gasteiger partial charge in [0.1, 0.15) is 5.82 Å². The fourth-order valence-corrected chi connectivity index (χ4v) is 4.98. The molecule has 2 N–H and O–H groups in total. The van der Waals surface area contributed by atoms with Gasteiger partial charge in [0.15, 0.2) is 11.5 Å². The average Bonchev–Trinajstić information content (AvgIpc) is 3.43. The van der Waals surface area contributed by atoms with Gasteiger partial charge in [-0.2, -0.15) is 0 Å². The van der Waals surface area contributed by atoms with Crippen LogP contribution in [0.25, 0.3) is 22.4 Å². The molecule has 3 aromatic carbocycles. The Bertz CT molecular complexity index is 1390. The molecule has 0 unspecified atom stereocenters. The number of ether oxygens (including phenoxy) is 3. The smallest absolute Gasteiger partial charge is 0.251 e. The first-order valence-electron chi connectivity index (χ1n) is 13.2. The second kappa shape index (κ2) is 12.1. The number of amides is 1. The molecule has 0 atom stereocenters. The van der Waals surface area contributed by atoms with Crippen LogP contribution in [0.3, 0.4) is 0 Å². The van der Waals surface area contributed by atoms with Gasteiger partial charge in [0.25, 0.3) is 5.91 Å². The number of hydrogen-bond acceptors (Lipinski definition) is 7. The Kier molecular flexibility index (Phi) is 8.17. The van der Waals surface area contributed by atoms with Crippen molar-refractivity contribution < 1.29 is 19.0 Å². The Hall–Kier alpha value is -4.24. The molecule has 2 heterocycles. The number of aromatic amines is 1. The van der Waals surface area contributed by atoms with Gasteiger partial charge < -0.3 is 29.4 Å². The third-order valence-electron chi connectivity index (χ3n) is 7.11. The van der Waals surface area contributed by atoms with Gasteiger partial charge in [-0.15, -0.1) is 0 Å². The number of methoxy groups -OCH3 is 3. The summed E-state index contributed by atoms with van der Waals surface area (Å²) in [7, 11) is 4.73. The maximum atomic E-state index is 12.8. The number of hydrogen-bond donors (Lipinski definition) is 2. The van der Waals surface area contributed by atoms with Crippen molar-refractivity contribution in [3.8, 4) is 28.6 Å². The maximum Gasteiger partial charge on any atom is 0.251 e. The van der Waals surface area contributed by atoms with Gasteiger partial charge in [0.2, 0.25) is 5.75 Å². The first kappa shape index (κ1) is 26.4. The van der Waals surface area contributed by atoms with Crippen molar-refractivity contribution in [2.75, 3.05) is 65.5 Å². The molecular weight excluding hydrogens is 494 g/mol. The lowest BCUT2D eigenvalue weighted by molar-refractivity contribution is 0.0951. The van der Waals surface area contributed by atoms with E-state index in [9.17, 15) is 4.79 Å². The van der Waals surface area contributed by atoms with E-state index >= 15 is 0 Å². The van der Waals surface area contributed by atoms with E-state index in [0.29, 0.717) is 35.2 Å². The third-order valence-corrected chi connectivity index (χ3v) is 7.11. The van der Waals surface area contributed by atoms with Gasteiger partial charge in [-0.25, -0.2) is 4.98 Å². The van der Waals surface area contributed by atoms with Crippen LogP contribution >= 0.6 is 0 Å². The van der Waals surface area contributed by atoms with Crippen LogP contribution in [0.15, 0.2) is 60.7 Å². The predicted octanol–water partition coefficient (Wildman–Crippen LogP) is 4.20. The van der Waals surface area contributed by atoms with Gasteiger partial charge in [-0.05, 0) is 55.4 Å². The minimum Gasteiger partial charge on any atom is -0.493 e. The topological polar surface area (TPSA) is 92.0 Å². The fourth-order valence-electron chi connectivity index (χ4n) is 4.98. The van der Waals surface area contributed by atoms with Crippen LogP contribution in [-0.4, -0.2) is 81.4 Å². The van der Waals surface area contributed by atoms with E-state index in [1.54, 1.807) is 27.4 Å². The van der Waals surface area contributed by atoms with E-state index in [-0.39, 0.29) is 5.91 Å². The highest BCUT2D eigenvalue weighted by Crippen LogP contribution is 2.40. The molecule has 1 amide bonds. The lowest BCUT2D eigenvalue weighted by atomic mass is 10.1. The summed E-state index contributed by atoms with van der Waals surface area (Å²) in [6.45, 7) is 5.73. The number of para-hydroxylation sites is 1. The average molecular weight is 530 g/mol. The van der Waals surface area contributed by atoms with Crippen molar-refractivity contribution in [1.29, 1.82) is 0 Å². The number of nitrogens with one attached hydrogen (secondary N) is 2. The lowest BCUT2D eigenvalue weighted by Gasteiger charge is -2.36. The van der Waals surface area contributed by atoms with Crippen molar-refractivity contribution in [2.24, 2.45) is 0 Å². The number of fused-ring (bicyclic) bond motifs is 1. The number of carbonyl (C=O) groups excluding carboxylic acids is 1. The standard InChI is InChI=1S/C30H35N5O4/c1-37-26-19-22(20-27(38-2)28(26)39-3)29-32-24-11-10-21(18-25(24)33-29)30(36)31-12-7-13-34-14-16-35(17-15-34)23-8-5-4-6-9-23/h4-6,8-11,18-20H,7,12-17H2,1-3H3,(H,31,36)(H,32,33). The molecule has 1 aliphatic rings. The molecule has 1 saturated heterocycles. The number of carbonyl (C=O) groups is 1. The Morgan fingerprint density at radius 1 is 0.923 bits per heavy atom. The Morgan fingerprint density at radius 2 is 1.64 bits per heavy atom. The Morgan fingerprint density at radius 3 is 2.31 bits per heavy atom. The largest absolute Gasteiger partial charge is 0.493 e. The molecule has 0 saturated carbocycles. The van der Waals surface area contributed by atoms with Crippen LogP contribution in [0.1, 0.15) is 16.8 Å². The zero-order valence-corrected chi connectivity index (χ0v) is 22.7. The number of imidazole rings is 1. The third kappa shape index (κ3) is 5.93. The van der Waals surface area contributed by atoms with Crippen molar-refractivity contribution >= 4 is 22.6 Å². The quantitative estimate of drug-likeness (QED) is 0.298. The van der Waals surface area contributed by atoms with Gasteiger partial charge in [-0.1, -0.05) is 18.2 Å². The van der Waals surface area contributed by atoms with Gasteiger partial charge in [0.05, 0.1) is 32.4 Å². The number of anilines is 1. The first-order chi connectivity index (χ1) is 19.1. The monoisotopic (exact) mass is 529 g/mol. The summed E-state index contributed by atoms with van der Waals surface area (Å²) in [6.07, 6.45) is 0.911. The molecule has 5 rings (SSSR count). The van der Waals surface area contributed by atoms with E-state index in [0.717, 1.165) is 55.7 Å². The molecule has 39 heavy (non-hydrogen) atoms. The van der Waals surface area contributed by atoms with Gasteiger partial charge >= 0.3 is 0 Å². The van der Waals surface area contributed by atoms with Crippen LogP contribution in [0, 0.1) is 0 Å². The fraction of sp³-hybridized carbons (Fsp3) is 0.333. The molecular formula is C30H35N5O4. The summed E-state index contributed by atoms with van der Waals surface area (Å²) in [4.78, 5) is 25.7.